The third-order valence-corrected chi connectivity index (χ3v) is 5.31. The number of amides is 1. The molecule has 2 aromatic carbocycles. The first-order chi connectivity index (χ1) is 12.7. The fourth-order valence-electron chi connectivity index (χ4n) is 3.83. The molecule has 136 valence electrons. The van der Waals surface area contributed by atoms with Crippen LogP contribution < -0.4 is 0 Å². The van der Waals surface area contributed by atoms with E-state index in [4.69, 9.17) is 0 Å². The zero-order valence-electron chi connectivity index (χ0n) is 15.4. The van der Waals surface area contributed by atoms with Crippen molar-refractivity contribution in [1.29, 1.82) is 0 Å². The highest BCUT2D eigenvalue weighted by Gasteiger charge is 2.31. The predicted octanol–water partition coefficient (Wildman–Crippen LogP) is 4.69. The van der Waals surface area contributed by atoms with Crippen LogP contribution in [-0.4, -0.2) is 29.7 Å². The molecule has 1 amide bonds. The van der Waals surface area contributed by atoms with Crippen LogP contribution in [0.15, 0.2) is 60.7 Å². The number of carbonyl (C=O) groups is 2. The predicted molar refractivity (Wildman–Crippen MR) is 104 cm³/mol. The molecular weight excluding hydrogens is 322 g/mol. The topological polar surface area (TPSA) is 37.4 Å². The summed E-state index contributed by atoms with van der Waals surface area (Å²) in [5.74, 6) is 0.389. The minimum absolute atomic E-state index is 0.0304. The van der Waals surface area contributed by atoms with Crippen molar-refractivity contribution in [2.75, 3.05) is 13.1 Å². The fraction of sp³-hybridized carbons (Fsp3) is 0.391. The molecule has 2 aromatic rings. The first-order valence-electron chi connectivity index (χ1n) is 9.63. The van der Waals surface area contributed by atoms with E-state index in [1.165, 1.54) is 0 Å². The minimum atomic E-state index is -0.0671. The molecule has 26 heavy (non-hydrogen) atoms. The Hall–Kier alpha value is -2.42. The molecule has 0 N–H and O–H groups in total. The lowest BCUT2D eigenvalue weighted by molar-refractivity contribution is -0.134. The molecular formula is C23H27NO2. The summed E-state index contributed by atoms with van der Waals surface area (Å²) in [6, 6.07) is 19.6. The highest BCUT2D eigenvalue weighted by atomic mass is 16.2. The standard InChI is InChI=1S/C23H27NO2/c1-2-9-21(18-10-5-3-6-11-18)23(26)24-16-14-20(15-17-24)22(25)19-12-7-4-8-13-19/h3-8,10-13,20-21H,2,9,14-17H2,1H3. The summed E-state index contributed by atoms with van der Waals surface area (Å²) in [7, 11) is 0. The second-order valence-electron chi connectivity index (χ2n) is 7.08. The monoisotopic (exact) mass is 349 g/mol. The largest absolute Gasteiger partial charge is 0.342 e. The van der Waals surface area contributed by atoms with Gasteiger partial charge in [-0.25, -0.2) is 0 Å². The van der Waals surface area contributed by atoms with Crippen molar-refractivity contribution in [2.45, 2.75) is 38.5 Å². The Morgan fingerprint density at radius 1 is 0.962 bits per heavy atom. The zero-order valence-corrected chi connectivity index (χ0v) is 15.4. The lowest BCUT2D eigenvalue weighted by Crippen LogP contribution is -2.42. The Morgan fingerprint density at radius 3 is 2.12 bits per heavy atom. The van der Waals surface area contributed by atoms with Gasteiger partial charge in [0.2, 0.25) is 5.91 Å². The number of carbonyl (C=O) groups excluding carboxylic acids is 2. The number of hydrogen-bond acceptors (Lipinski definition) is 2. The number of Topliss-reactive ketones (excluding diaryl/α,β-unsaturated/α-hetero) is 1. The van der Waals surface area contributed by atoms with E-state index in [9.17, 15) is 9.59 Å². The molecule has 1 atom stereocenters. The Balaban J connectivity index is 1.63. The van der Waals surface area contributed by atoms with E-state index in [2.05, 4.69) is 6.92 Å². The van der Waals surface area contributed by atoms with Crippen LogP contribution in [0.4, 0.5) is 0 Å². The van der Waals surface area contributed by atoms with Crippen LogP contribution in [0.5, 0.6) is 0 Å². The SMILES string of the molecule is CCCC(C(=O)N1CCC(C(=O)c2ccccc2)CC1)c1ccccc1. The maximum Gasteiger partial charge on any atom is 0.230 e. The molecule has 1 aliphatic heterocycles. The summed E-state index contributed by atoms with van der Waals surface area (Å²) in [5, 5.41) is 0. The van der Waals surface area contributed by atoms with Crippen molar-refractivity contribution in [1.82, 2.24) is 4.90 Å². The molecule has 3 heteroatoms. The van der Waals surface area contributed by atoms with Gasteiger partial charge in [0.05, 0.1) is 5.92 Å². The maximum absolute atomic E-state index is 13.1. The molecule has 0 radical (unpaired) electrons. The molecule has 1 heterocycles. The van der Waals surface area contributed by atoms with Crippen LogP contribution in [0.25, 0.3) is 0 Å². The third kappa shape index (κ3) is 4.21. The van der Waals surface area contributed by atoms with Crippen LogP contribution in [0, 0.1) is 5.92 Å². The third-order valence-electron chi connectivity index (χ3n) is 5.31. The minimum Gasteiger partial charge on any atom is -0.342 e. The molecule has 1 unspecified atom stereocenters. The molecule has 1 saturated heterocycles. The second-order valence-corrected chi connectivity index (χ2v) is 7.08. The molecule has 0 bridgehead atoms. The molecule has 3 nitrogen and oxygen atoms in total. The van der Waals surface area contributed by atoms with Crippen LogP contribution >= 0.6 is 0 Å². The van der Waals surface area contributed by atoms with Crippen molar-refractivity contribution >= 4 is 11.7 Å². The zero-order chi connectivity index (χ0) is 18.4. The van der Waals surface area contributed by atoms with Gasteiger partial charge in [-0.3, -0.25) is 9.59 Å². The van der Waals surface area contributed by atoms with Gasteiger partial charge >= 0.3 is 0 Å². The van der Waals surface area contributed by atoms with Crippen LogP contribution in [0.2, 0.25) is 0 Å². The van der Waals surface area contributed by atoms with E-state index < -0.39 is 0 Å². The van der Waals surface area contributed by atoms with Gasteiger partial charge in [-0.15, -0.1) is 0 Å². The first-order valence-corrected chi connectivity index (χ1v) is 9.63. The number of hydrogen-bond donors (Lipinski definition) is 0. The average molecular weight is 349 g/mol. The smallest absolute Gasteiger partial charge is 0.230 e. The number of likely N-dealkylation sites (tertiary alicyclic amines) is 1. The molecule has 0 aliphatic carbocycles. The normalized spacial score (nSPS) is 16.3. The molecule has 1 fully saturated rings. The number of nitrogens with zero attached hydrogens (tertiary/aromatic N) is 1. The highest BCUT2D eigenvalue weighted by molar-refractivity contribution is 5.98. The van der Waals surface area contributed by atoms with Gasteiger partial charge in [0.1, 0.15) is 0 Å². The Labute approximate surface area is 156 Å². The number of rotatable bonds is 6. The van der Waals surface area contributed by atoms with Gasteiger partial charge in [0.25, 0.3) is 0 Å². The number of ketones is 1. The van der Waals surface area contributed by atoms with Gasteiger partial charge in [-0.2, -0.15) is 0 Å². The summed E-state index contributed by atoms with van der Waals surface area (Å²) in [6.45, 7) is 3.47. The summed E-state index contributed by atoms with van der Waals surface area (Å²) in [6.07, 6.45) is 3.36. The summed E-state index contributed by atoms with van der Waals surface area (Å²) in [4.78, 5) is 27.7. The van der Waals surface area contributed by atoms with E-state index in [1.54, 1.807) is 0 Å². The summed E-state index contributed by atoms with van der Waals surface area (Å²) in [5.41, 5.74) is 1.88. The molecule has 1 aliphatic rings. The Bertz CT molecular complexity index is 718. The van der Waals surface area contributed by atoms with Gasteiger partial charge < -0.3 is 4.90 Å². The van der Waals surface area contributed by atoms with Crippen molar-refractivity contribution in [3.8, 4) is 0 Å². The lowest BCUT2D eigenvalue weighted by Gasteiger charge is -2.34. The van der Waals surface area contributed by atoms with Gasteiger partial charge in [-0.05, 0) is 24.8 Å². The lowest BCUT2D eigenvalue weighted by atomic mass is 9.87. The average Bonchev–Trinajstić information content (AvgIpc) is 2.72. The second kappa shape index (κ2) is 8.79. The van der Waals surface area contributed by atoms with E-state index in [-0.39, 0.29) is 23.5 Å². The van der Waals surface area contributed by atoms with E-state index in [1.807, 2.05) is 65.6 Å². The number of benzene rings is 2. The van der Waals surface area contributed by atoms with E-state index >= 15 is 0 Å². The molecule has 0 aromatic heterocycles. The Kier molecular flexibility index (Phi) is 6.21. The number of piperidine rings is 1. The van der Waals surface area contributed by atoms with E-state index in [0.717, 1.165) is 36.8 Å². The summed E-state index contributed by atoms with van der Waals surface area (Å²) >= 11 is 0. The van der Waals surface area contributed by atoms with E-state index in [0.29, 0.717) is 13.1 Å². The van der Waals surface area contributed by atoms with Crippen LogP contribution in [-0.2, 0) is 4.79 Å². The van der Waals surface area contributed by atoms with Gasteiger partial charge in [0.15, 0.2) is 5.78 Å². The fourth-order valence-corrected chi connectivity index (χ4v) is 3.83. The van der Waals surface area contributed by atoms with Crippen molar-refractivity contribution < 1.29 is 9.59 Å². The Morgan fingerprint density at radius 2 is 1.54 bits per heavy atom. The maximum atomic E-state index is 13.1. The quantitative estimate of drug-likeness (QED) is 0.709. The molecule has 0 saturated carbocycles. The molecule has 3 rings (SSSR count). The molecule has 0 spiro atoms. The van der Waals surface area contributed by atoms with Crippen molar-refractivity contribution in [3.05, 3.63) is 71.8 Å². The van der Waals surface area contributed by atoms with Gasteiger partial charge in [-0.1, -0.05) is 74.0 Å². The first kappa shape index (κ1) is 18.4. The van der Waals surface area contributed by atoms with Crippen molar-refractivity contribution in [3.63, 3.8) is 0 Å². The van der Waals surface area contributed by atoms with Gasteiger partial charge in [0, 0.05) is 24.6 Å². The van der Waals surface area contributed by atoms with Crippen LogP contribution in [0.1, 0.15) is 54.4 Å². The highest BCUT2D eigenvalue weighted by Crippen LogP contribution is 2.28. The summed E-state index contributed by atoms with van der Waals surface area (Å²) < 4.78 is 0. The van der Waals surface area contributed by atoms with Crippen molar-refractivity contribution in [2.24, 2.45) is 5.92 Å². The van der Waals surface area contributed by atoms with Crippen LogP contribution in [0.3, 0.4) is 0 Å².